The second kappa shape index (κ2) is 6.85. The summed E-state index contributed by atoms with van der Waals surface area (Å²) in [6.07, 6.45) is 2.41. The minimum Gasteiger partial charge on any atom is -0.287 e. The molecule has 0 saturated heterocycles. The van der Waals surface area contributed by atoms with Crippen LogP contribution in [0.5, 0.6) is 0 Å². The zero-order chi connectivity index (χ0) is 15.4. The van der Waals surface area contributed by atoms with Crippen LogP contribution in [-0.2, 0) is 14.0 Å². The van der Waals surface area contributed by atoms with Gasteiger partial charge in [0.2, 0.25) is 5.82 Å². The molecule has 0 aliphatic carbocycles. The van der Waals surface area contributed by atoms with Crippen LogP contribution in [0.3, 0.4) is 0 Å². The van der Waals surface area contributed by atoms with Crippen molar-refractivity contribution in [2.75, 3.05) is 0 Å². The summed E-state index contributed by atoms with van der Waals surface area (Å²) in [7, 11) is -3.42. The molecule has 0 aliphatic heterocycles. The Hall–Kier alpha value is -1.40. The van der Waals surface area contributed by atoms with E-state index in [1.165, 1.54) is 5.92 Å². The van der Waals surface area contributed by atoms with Crippen LogP contribution in [0.15, 0.2) is 0 Å². The van der Waals surface area contributed by atoms with Crippen molar-refractivity contribution in [1.82, 2.24) is 0 Å². The van der Waals surface area contributed by atoms with E-state index in [4.69, 9.17) is 6.42 Å². The Morgan fingerprint density at radius 3 is 1.60 bits per heavy atom. The van der Waals surface area contributed by atoms with Gasteiger partial charge in [0, 0.05) is 0 Å². The zero-order valence-electron chi connectivity index (χ0n) is 8.97. The maximum Gasteiger partial charge on any atom is 0.404 e. The molecule has 110 valence electrons. The monoisotopic (exact) mass is 322 g/mol. The third-order valence-corrected chi connectivity index (χ3v) is 2.57. The van der Waals surface area contributed by atoms with Gasteiger partial charge in [0.15, 0.2) is 29.4 Å². The average molecular weight is 322 g/mol. The molecule has 11 heteroatoms. The van der Waals surface area contributed by atoms with Crippen LogP contribution in [-0.4, -0.2) is 0 Å². The van der Waals surface area contributed by atoms with Crippen LogP contribution in [0.1, 0.15) is 11.7 Å². The van der Waals surface area contributed by atoms with Gasteiger partial charge < -0.3 is 0 Å². The predicted octanol–water partition coefficient (Wildman–Crippen LogP) is 4.10. The van der Waals surface area contributed by atoms with Crippen molar-refractivity contribution in [3.63, 3.8) is 0 Å². The van der Waals surface area contributed by atoms with Gasteiger partial charge in [0.1, 0.15) is 0 Å². The van der Waals surface area contributed by atoms with Crippen LogP contribution >= 0.6 is 8.60 Å². The summed E-state index contributed by atoms with van der Waals surface area (Å²) >= 11 is 0. The van der Waals surface area contributed by atoms with E-state index in [-0.39, 0.29) is 0 Å². The van der Waals surface area contributed by atoms with E-state index in [0.717, 1.165) is 0 Å². The Bertz CT molecular complexity index is 514. The van der Waals surface area contributed by atoms with E-state index in [2.05, 4.69) is 14.0 Å². The van der Waals surface area contributed by atoms with Crippen molar-refractivity contribution < 1.29 is 45.0 Å². The van der Waals surface area contributed by atoms with Gasteiger partial charge in [-0.2, -0.15) is 0 Å². The van der Waals surface area contributed by atoms with Crippen LogP contribution < -0.4 is 0 Å². The molecule has 0 amide bonds. The summed E-state index contributed by atoms with van der Waals surface area (Å²) < 4.78 is 98.2. The lowest BCUT2D eigenvalue weighted by molar-refractivity contribution is -0.0993. The first-order chi connectivity index (χ1) is 9.38. The summed E-state index contributed by atoms with van der Waals surface area (Å²) in [5, 5.41) is 0. The topological polar surface area (TPSA) is 27.7 Å². The van der Waals surface area contributed by atoms with Crippen molar-refractivity contribution in [3.05, 3.63) is 34.6 Å². The van der Waals surface area contributed by atoms with E-state index in [0.29, 0.717) is 0 Å². The normalized spacial score (nSPS) is 12.6. The molecular formula is C9H2F7O3P. The molecule has 1 rings (SSSR count). The minimum atomic E-state index is -3.42. The lowest BCUT2D eigenvalue weighted by Crippen LogP contribution is -2.12. The van der Waals surface area contributed by atoms with Gasteiger partial charge in [-0.05, 0) is 9.05 Å². The molecule has 1 aromatic rings. The van der Waals surface area contributed by atoms with E-state index >= 15 is 0 Å². The highest BCUT2D eigenvalue weighted by Crippen LogP contribution is 2.46. The third kappa shape index (κ3) is 3.02. The van der Waals surface area contributed by atoms with E-state index < -0.39 is 49.4 Å². The molecule has 0 heterocycles. The molecule has 3 nitrogen and oxygen atoms in total. The molecule has 1 atom stereocenters. The molecule has 0 saturated carbocycles. The quantitative estimate of drug-likeness (QED) is 0.269. The molecule has 0 bridgehead atoms. The molecule has 1 unspecified atom stereocenters. The Kier molecular flexibility index (Phi) is 5.71. The van der Waals surface area contributed by atoms with Crippen molar-refractivity contribution in [1.29, 1.82) is 0 Å². The van der Waals surface area contributed by atoms with Crippen LogP contribution in [0, 0.1) is 41.4 Å². The van der Waals surface area contributed by atoms with Gasteiger partial charge in [-0.1, -0.05) is 5.92 Å². The predicted molar refractivity (Wildman–Crippen MR) is 50.2 cm³/mol. The highest BCUT2D eigenvalue weighted by atomic mass is 31.2. The first kappa shape index (κ1) is 16.7. The molecular weight excluding hydrogens is 320 g/mol. The van der Waals surface area contributed by atoms with Crippen molar-refractivity contribution in [2.45, 2.75) is 6.10 Å². The Labute approximate surface area is 108 Å². The van der Waals surface area contributed by atoms with E-state index in [1.54, 1.807) is 0 Å². The number of benzene rings is 1. The van der Waals surface area contributed by atoms with Gasteiger partial charge in [-0.3, -0.25) is 4.52 Å². The van der Waals surface area contributed by atoms with Gasteiger partial charge in [-0.15, -0.1) is 15.9 Å². The maximum absolute atomic E-state index is 13.3. The Balaban J connectivity index is 3.34. The minimum absolute atomic E-state index is 1.44. The molecule has 0 aromatic heterocycles. The average Bonchev–Trinajstić information content (AvgIpc) is 2.46. The number of hydrogen-bond donors (Lipinski definition) is 0. The maximum atomic E-state index is 13.3. The number of hydrogen-bond acceptors (Lipinski definition) is 3. The fourth-order valence-corrected chi connectivity index (χ4v) is 1.57. The van der Waals surface area contributed by atoms with E-state index in [9.17, 15) is 31.0 Å². The van der Waals surface area contributed by atoms with Crippen molar-refractivity contribution in [3.8, 4) is 12.3 Å². The molecule has 0 aliphatic rings. The summed E-state index contributed by atoms with van der Waals surface area (Å²) in [5.41, 5.74) is -1.61. The van der Waals surface area contributed by atoms with Crippen molar-refractivity contribution in [2.24, 2.45) is 0 Å². The van der Waals surface area contributed by atoms with Crippen LogP contribution in [0.25, 0.3) is 0 Å². The number of halogens is 7. The van der Waals surface area contributed by atoms with Gasteiger partial charge >= 0.3 is 8.60 Å². The lowest BCUT2D eigenvalue weighted by Gasteiger charge is -2.15. The second-order valence-electron chi connectivity index (χ2n) is 3.00. The zero-order valence-corrected chi connectivity index (χ0v) is 9.87. The Morgan fingerprint density at radius 1 is 0.850 bits per heavy atom. The SMILES string of the molecule is C#CC(OP(OF)OF)c1c(F)c(F)c(F)c(F)c1F. The summed E-state index contributed by atoms with van der Waals surface area (Å²) in [6.45, 7) is 0. The first-order valence-electron chi connectivity index (χ1n) is 4.40. The van der Waals surface area contributed by atoms with Gasteiger partial charge in [0.25, 0.3) is 0 Å². The number of rotatable bonds is 5. The fraction of sp³-hybridized carbons (Fsp3) is 0.111. The van der Waals surface area contributed by atoms with Crippen LogP contribution in [0.4, 0.5) is 31.0 Å². The number of terminal acetylenes is 1. The van der Waals surface area contributed by atoms with Gasteiger partial charge in [-0.25, -0.2) is 22.0 Å². The highest BCUT2D eigenvalue weighted by molar-refractivity contribution is 7.41. The van der Waals surface area contributed by atoms with Gasteiger partial charge in [0.05, 0.1) is 5.56 Å². The fourth-order valence-electron chi connectivity index (χ4n) is 1.15. The summed E-state index contributed by atoms with van der Waals surface area (Å²) in [6, 6.07) is 0. The highest BCUT2D eigenvalue weighted by Gasteiger charge is 2.33. The molecule has 0 N–H and O–H groups in total. The molecule has 20 heavy (non-hydrogen) atoms. The molecule has 0 radical (unpaired) electrons. The van der Waals surface area contributed by atoms with Crippen LogP contribution in [0.2, 0.25) is 0 Å². The lowest BCUT2D eigenvalue weighted by atomic mass is 10.1. The largest absolute Gasteiger partial charge is 0.404 e. The molecule has 0 fully saturated rings. The van der Waals surface area contributed by atoms with E-state index in [1.807, 2.05) is 0 Å². The second-order valence-corrected chi connectivity index (χ2v) is 3.93. The molecule has 1 aromatic carbocycles. The standard InChI is InChI=1S/C9H2F7O3P/c1-2-3(17-20(18-15)19-16)4-5(10)7(12)9(14)8(13)6(4)11/h1,3H. The Morgan fingerprint density at radius 2 is 1.25 bits per heavy atom. The summed E-state index contributed by atoms with van der Waals surface area (Å²) in [4.78, 5) is 0. The summed E-state index contributed by atoms with van der Waals surface area (Å²) in [5.74, 6) is -10.2. The van der Waals surface area contributed by atoms with Crippen molar-refractivity contribution >= 4 is 8.60 Å². The first-order valence-corrected chi connectivity index (χ1v) is 5.50. The third-order valence-electron chi connectivity index (χ3n) is 1.96. The molecule has 0 spiro atoms. The smallest absolute Gasteiger partial charge is 0.287 e.